The summed E-state index contributed by atoms with van der Waals surface area (Å²) < 4.78 is 9.85. The van der Waals surface area contributed by atoms with E-state index in [1.165, 1.54) is 12.0 Å². The van der Waals surface area contributed by atoms with Crippen molar-refractivity contribution in [3.05, 3.63) is 0 Å². The fourth-order valence-electron chi connectivity index (χ4n) is 1.61. The Kier molecular flexibility index (Phi) is 4.64. The zero-order valence-corrected chi connectivity index (χ0v) is 11.6. The minimum atomic E-state index is -0.923. The highest BCUT2D eigenvalue weighted by atomic mass is 32.1. The summed E-state index contributed by atoms with van der Waals surface area (Å²) in [5, 5.41) is 0. The number of amides is 1. The van der Waals surface area contributed by atoms with Gasteiger partial charge in [0.25, 0.3) is 0 Å². The maximum Gasteiger partial charge on any atom is 0.336 e. The quantitative estimate of drug-likeness (QED) is 0.562. The van der Waals surface area contributed by atoms with Gasteiger partial charge in [-0.25, -0.2) is 4.79 Å². The second kappa shape index (κ2) is 5.62. The molecule has 0 aromatic rings. The van der Waals surface area contributed by atoms with Gasteiger partial charge in [0, 0.05) is 6.54 Å². The molecule has 1 rings (SSSR count). The van der Waals surface area contributed by atoms with Crippen LogP contribution in [0.5, 0.6) is 0 Å². The summed E-state index contributed by atoms with van der Waals surface area (Å²) in [7, 11) is 1.28. The summed E-state index contributed by atoms with van der Waals surface area (Å²) in [5.41, 5.74) is 4.64. The molecule has 0 spiro atoms. The van der Waals surface area contributed by atoms with E-state index in [1.807, 2.05) is 0 Å². The van der Waals surface area contributed by atoms with Gasteiger partial charge in [-0.3, -0.25) is 4.79 Å². The second-order valence-electron chi connectivity index (χ2n) is 4.62. The van der Waals surface area contributed by atoms with E-state index in [2.05, 4.69) is 4.74 Å². The van der Waals surface area contributed by atoms with Crippen molar-refractivity contribution >= 4 is 29.1 Å². The Morgan fingerprint density at radius 2 is 2.11 bits per heavy atom. The van der Waals surface area contributed by atoms with E-state index in [-0.39, 0.29) is 17.4 Å². The number of carbonyl (C=O) groups is 2. The minimum Gasteiger partial charge on any atom is -0.467 e. The number of morpholine rings is 1. The van der Waals surface area contributed by atoms with Crippen LogP contribution in [0.2, 0.25) is 0 Å². The van der Waals surface area contributed by atoms with E-state index in [9.17, 15) is 9.59 Å². The lowest BCUT2D eigenvalue weighted by Gasteiger charge is -2.36. The van der Waals surface area contributed by atoms with Crippen molar-refractivity contribution in [3.63, 3.8) is 0 Å². The third kappa shape index (κ3) is 2.97. The maximum absolute atomic E-state index is 12.3. The van der Waals surface area contributed by atoms with Gasteiger partial charge in [0.05, 0.1) is 30.7 Å². The summed E-state index contributed by atoms with van der Waals surface area (Å²) in [4.78, 5) is 25.3. The Balaban J connectivity index is 2.76. The molecule has 6 nitrogen and oxygen atoms in total. The van der Waals surface area contributed by atoms with Crippen LogP contribution in [0.4, 0.5) is 0 Å². The van der Waals surface area contributed by atoms with Gasteiger partial charge in [-0.2, -0.15) is 0 Å². The molecule has 1 atom stereocenters. The number of carbonyl (C=O) groups excluding carboxylic acids is 2. The molecule has 1 unspecified atom stereocenters. The van der Waals surface area contributed by atoms with Crippen molar-refractivity contribution in [1.82, 2.24) is 4.90 Å². The van der Waals surface area contributed by atoms with Gasteiger partial charge in [0.2, 0.25) is 5.91 Å². The highest BCUT2D eigenvalue weighted by Gasteiger charge is 2.38. The molecule has 1 fully saturated rings. The molecular formula is C11H18N2O4S. The van der Waals surface area contributed by atoms with Gasteiger partial charge < -0.3 is 20.1 Å². The van der Waals surface area contributed by atoms with Gasteiger partial charge >= 0.3 is 5.97 Å². The Hall–Kier alpha value is -1.21. The molecule has 0 aromatic heterocycles. The number of rotatable bonds is 3. The maximum atomic E-state index is 12.3. The van der Waals surface area contributed by atoms with E-state index in [1.54, 1.807) is 13.8 Å². The molecule has 0 saturated carbocycles. The fourth-order valence-corrected chi connectivity index (χ4v) is 1.70. The van der Waals surface area contributed by atoms with E-state index in [0.717, 1.165) is 0 Å². The molecule has 1 saturated heterocycles. The number of hydrogen-bond acceptors (Lipinski definition) is 5. The number of nitrogens with two attached hydrogens (primary N) is 1. The van der Waals surface area contributed by atoms with Gasteiger partial charge in [-0.1, -0.05) is 12.2 Å². The zero-order valence-electron chi connectivity index (χ0n) is 10.8. The van der Waals surface area contributed by atoms with Crippen LogP contribution in [0.1, 0.15) is 13.8 Å². The van der Waals surface area contributed by atoms with Crippen LogP contribution in [-0.2, 0) is 19.1 Å². The van der Waals surface area contributed by atoms with Crippen LogP contribution < -0.4 is 5.73 Å². The SMILES string of the molecule is COC(=O)C1CN(C(=O)C(C)(C)C(N)=S)CCO1. The first-order valence-corrected chi connectivity index (χ1v) is 6.00. The molecule has 1 heterocycles. The molecule has 2 N–H and O–H groups in total. The monoisotopic (exact) mass is 274 g/mol. The van der Waals surface area contributed by atoms with Crippen LogP contribution in [0, 0.1) is 5.41 Å². The summed E-state index contributed by atoms with van der Waals surface area (Å²) in [6.07, 6.45) is -0.741. The van der Waals surface area contributed by atoms with Gasteiger partial charge in [0.1, 0.15) is 0 Å². The molecule has 18 heavy (non-hydrogen) atoms. The first-order valence-electron chi connectivity index (χ1n) is 5.59. The van der Waals surface area contributed by atoms with Crippen LogP contribution in [0.25, 0.3) is 0 Å². The smallest absolute Gasteiger partial charge is 0.336 e. The Morgan fingerprint density at radius 3 is 2.61 bits per heavy atom. The number of ether oxygens (including phenoxy) is 2. The highest BCUT2D eigenvalue weighted by Crippen LogP contribution is 2.21. The summed E-state index contributed by atoms with van der Waals surface area (Å²) in [5.74, 6) is -0.687. The van der Waals surface area contributed by atoms with Crippen molar-refractivity contribution in [3.8, 4) is 0 Å². The Labute approximate surface area is 111 Å². The number of hydrogen-bond donors (Lipinski definition) is 1. The average Bonchev–Trinajstić information content (AvgIpc) is 2.36. The summed E-state index contributed by atoms with van der Waals surface area (Å²) in [6.45, 7) is 4.20. The number of nitrogens with zero attached hydrogens (tertiary/aromatic N) is 1. The predicted molar refractivity (Wildman–Crippen MR) is 68.9 cm³/mol. The summed E-state index contributed by atoms with van der Waals surface area (Å²) in [6, 6.07) is 0. The molecule has 0 bridgehead atoms. The Bertz CT molecular complexity index is 370. The second-order valence-corrected chi connectivity index (χ2v) is 5.06. The van der Waals surface area contributed by atoms with Gasteiger partial charge in [0.15, 0.2) is 6.10 Å². The molecular weight excluding hydrogens is 256 g/mol. The van der Waals surface area contributed by atoms with Gasteiger partial charge in [-0.05, 0) is 13.8 Å². The largest absolute Gasteiger partial charge is 0.467 e. The first kappa shape index (κ1) is 14.8. The molecule has 0 radical (unpaired) electrons. The Morgan fingerprint density at radius 1 is 1.50 bits per heavy atom. The van der Waals surface area contributed by atoms with E-state index < -0.39 is 17.5 Å². The van der Waals surface area contributed by atoms with Crippen LogP contribution in [0.15, 0.2) is 0 Å². The fraction of sp³-hybridized carbons (Fsp3) is 0.727. The average molecular weight is 274 g/mol. The number of methoxy groups -OCH3 is 1. The van der Waals surface area contributed by atoms with Crippen molar-refractivity contribution in [2.45, 2.75) is 20.0 Å². The molecule has 0 aromatic carbocycles. The highest BCUT2D eigenvalue weighted by molar-refractivity contribution is 7.80. The van der Waals surface area contributed by atoms with Crippen molar-refractivity contribution < 1.29 is 19.1 Å². The third-order valence-corrected chi connectivity index (χ3v) is 3.48. The molecule has 0 aliphatic carbocycles. The third-order valence-electron chi connectivity index (χ3n) is 2.97. The van der Waals surface area contributed by atoms with Crippen LogP contribution in [-0.4, -0.2) is 54.7 Å². The van der Waals surface area contributed by atoms with E-state index in [4.69, 9.17) is 22.7 Å². The molecule has 1 aliphatic heterocycles. The predicted octanol–water partition coefficient (Wildman–Crippen LogP) is -0.301. The lowest BCUT2D eigenvalue weighted by atomic mass is 9.91. The minimum absolute atomic E-state index is 0.133. The lowest BCUT2D eigenvalue weighted by Crippen LogP contribution is -2.54. The van der Waals surface area contributed by atoms with Crippen LogP contribution in [0.3, 0.4) is 0 Å². The number of esters is 1. The molecule has 102 valence electrons. The van der Waals surface area contributed by atoms with E-state index >= 15 is 0 Å². The van der Waals surface area contributed by atoms with Crippen molar-refractivity contribution in [2.24, 2.45) is 11.1 Å². The standard InChI is InChI=1S/C11H18N2O4S/c1-11(2,9(12)18)10(15)13-4-5-17-7(6-13)8(14)16-3/h7H,4-6H2,1-3H3,(H2,12,18). The number of thiocarbonyl (C=S) groups is 1. The van der Waals surface area contributed by atoms with Gasteiger partial charge in [-0.15, -0.1) is 0 Å². The molecule has 1 amide bonds. The van der Waals surface area contributed by atoms with Crippen molar-refractivity contribution in [1.29, 1.82) is 0 Å². The van der Waals surface area contributed by atoms with Crippen molar-refractivity contribution in [2.75, 3.05) is 26.8 Å². The first-order chi connectivity index (χ1) is 8.30. The zero-order chi connectivity index (χ0) is 13.9. The normalized spacial score (nSPS) is 20.4. The molecule has 7 heteroatoms. The topological polar surface area (TPSA) is 81.9 Å². The summed E-state index contributed by atoms with van der Waals surface area (Å²) >= 11 is 4.89. The lowest BCUT2D eigenvalue weighted by molar-refractivity contribution is -0.163. The van der Waals surface area contributed by atoms with Crippen LogP contribution >= 0.6 is 12.2 Å². The molecule has 1 aliphatic rings. The van der Waals surface area contributed by atoms with E-state index in [0.29, 0.717) is 13.2 Å².